The number of hydrogen-bond acceptors (Lipinski definition) is 4. The molecule has 1 heterocycles. The van der Waals surface area contributed by atoms with Crippen molar-refractivity contribution in [2.45, 2.75) is 38.8 Å². The fraction of sp³-hybridized carbons (Fsp3) is 0.909. The van der Waals surface area contributed by atoms with Crippen LogP contribution >= 0.6 is 0 Å². The predicted octanol–water partition coefficient (Wildman–Crippen LogP) is 0.622. The van der Waals surface area contributed by atoms with E-state index in [1.54, 1.807) is 0 Å². The van der Waals surface area contributed by atoms with Crippen LogP contribution in [0.25, 0.3) is 0 Å². The molecule has 4 nitrogen and oxygen atoms in total. The molecule has 1 aliphatic rings. The van der Waals surface area contributed by atoms with Crippen LogP contribution in [0.15, 0.2) is 0 Å². The molecule has 0 aliphatic carbocycles. The van der Waals surface area contributed by atoms with Crippen molar-refractivity contribution in [3.63, 3.8) is 0 Å². The molecular weight excluding hydrogens is 192 g/mol. The molecule has 1 rings (SSSR count). The summed E-state index contributed by atoms with van der Waals surface area (Å²) in [6.45, 7) is 7.35. The zero-order chi connectivity index (χ0) is 11.3. The van der Waals surface area contributed by atoms with E-state index >= 15 is 0 Å². The highest BCUT2D eigenvalue weighted by atomic mass is 16.5. The molecule has 15 heavy (non-hydrogen) atoms. The average Bonchev–Trinajstić information content (AvgIpc) is 2.68. The third kappa shape index (κ3) is 4.18. The number of carbonyl (C=O) groups excluding carboxylic acids is 1. The molecule has 0 radical (unpaired) electrons. The fourth-order valence-electron chi connectivity index (χ4n) is 2.08. The summed E-state index contributed by atoms with van der Waals surface area (Å²) < 4.78 is 4.67. The van der Waals surface area contributed by atoms with Gasteiger partial charge in [-0.2, -0.15) is 0 Å². The highest BCUT2D eigenvalue weighted by Crippen LogP contribution is 2.07. The van der Waals surface area contributed by atoms with Gasteiger partial charge >= 0.3 is 5.97 Å². The molecule has 1 fully saturated rings. The monoisotopic (exact) mass is 214 g/mol. The van der Waals surface area contributed by atoms with Gasteiger partial charge < -0.3 is 15.0 Å². The topological polar surface area (TPSA) is 41.6 Å². The number of hydrogen-bond donors (Lipinski definition) is 1. The lowest BCUT2D eigenvalue weighted by atomic mass is 10.2. The predicted molar refractivity (Wildman–Crippen MR) is 59.7 cm³/mol. The van der Waals surface area contributed by atoms with E-state index in [-0.39, 0.29) is 12.0 Å². The normalized spacial score (nSPS) is 21.3. The zero-order valence-electron chi connectivity index (χ0n) is 9.95. The Morgan fingerprint density at radius 3 is 2.53 bits per heavy atom. The number of nitrogens with zero attached hydrogens (tertiary/aromatic N) is 1. The minimum absolute atomic E-state index is 0.191. The summed E-state index contributed by atoms with van der Waals surface area (Å²) in [6, 6.07) is 0.116. The van der Waals surface area contributed by atoms with E-state index in [1.165, 1.54) is 33.0 Å². The largest absolute Gasteiger partial charge is 0.468 e. The maximum atomic E-state index is 11.2. The lowest BCUT2D eigenvalue weighted by molar-refractivity contribution is -0.142. The van der Waals surface area contributed by atoms with E-state index in [0.29, 0.717) is 6.04 Å². The molecule has 4 heteroatoms. The van der Waals surface area contributed by atoms with Crippen molar-refractivity contribution in [3.05, 3.63) is 0 Å². The zero-order valence-corrected chi connectivity index (χ0v) is 9.95. The second-order valence-electron chi connectivity index (χ2n) is 4.32. The maximum absolute atomic E-state index is 11.2. The van der Waals surface area contributed by atoms with Crippen LogP contribution in [-0.2, 0) is 9.53 Å². The van der Waals surface area contributed by atoms with Crippen molar-refractivity contribution in [2.24, 2.45) is 0 Å². The van der Waals surface area contributed by atoms with E-state index in [1.807, 2.05) is 6.92 Å². The van der Waals surface area contributed by atoms with Crippen LogP contribution in [0.1, 0.15) is 26.7 Å². The molecule has 0 aromatic heterocycles. The van der Waals surface area contributed by atoms with E-state index in [2.05, 4.69) is 21.9 Å². The van der Waals surface area contributed by atoms with Gasteiger partial charge in [0, 0.05) is 12.6 Å². The molecule has 0 aromatic rings. The van der Waals surface area contributed by atoms with Gasteiger partial charge in [-0.3, -0.25) is 4.79 Å². The number of carbonyl (C=O) groups is 1. The summed E-state index contributed by atoms with van der Waals surface area (Å²) in [5, 5.41) is 3.24. The van der Waals surface area contributed by atoms with Crippen molar-refractivity contribution in [1.82, 2.24) is 10.2 Å². The van der Waals surface area contributed by atoms with Crippen molar-refractivity contribution in [1.29, 1.82) is 0 Å². The quantitative estimate of drug-likeness (QED) is 0.681. The molecule has 0 aromatic carbocycles. The summed E-state index contributed by atoms with van der Waals surface area (Å²) >= 11 is 0. The second-order valence-corrected chi connectivity index (χ2v) is 4.32. The second kappa shape index (κ2) is 6.08. The van der Waals surface area contributed by atoms with Crippen molar-refractivity contribution >= 4 is 5.97 Å². The van der Waals surface area contributed by atoms with Gasteiger partial charge in [0.2, 0.25) is 0 Å². The van der Waals surface area contributed by atoms with Crippen molar-refractivity contribution in [3.8, 4) is 0 Å². The molecule has 1 saturated heterocycles. The van der Waals surface area contributed by atoms with Gasteiger partial charge in [0.1, 0.15) is 6.04 Å². The molecule has 0 amide bonds. The van der Waals surface area contributed by atoms with Crippen LogP contribution in [0.3, 0.4) is 0 Å². The van der Waals surface area contributed by atoms with Crippen LogP contribution in [0.4, 0.5) is 0 Å². The Balaban J connectivity index is 2.22. The third-order valence-corrected chi connectivity index (χ3v) is 2.82. The molecular formula is C11H22N2O2. The van der Waals surface area contributed by atoms with Gasteiger partial charge in [0.05, 0.1) is 7.11 Å². The molecule has 0 saturated carbocycles. The molecule has 1 N–H and O–H groups in total. The average molecular weight is 214 g/mol. The van der Waals surface area contributed by atoms with E-state index in [9.17, 15) is 4.79 Å². The summed E-state index contributed by atoms with van der Waals surface area (Å²) in [5.41, 5.74) is 0. The van der Waals surface area contributed by atoms with Gasteiger partial charge in [-0.05, 0) is 39.8 Å². The maximum Gasteiger partial charge on any atom is 0.322 e. The van der Waals surface area contributed by atoms with Gasteiger partial charge in [0.25, 0.3) is 0 Å². The Labute approximate surface area is 92.0 Å². The number of nitrogens with one attached hydrogen (secondary N) is 1. The Hall–Kier alpha value is -0.610. The molecule has 88 valence electrons. The lowest BCUT2D eigenvalue weighted by Gasteiger charge is -2.23. The first-order valence-corrected chi connectivity index (χ1v) is 5.69. The van der Waals surface area contributed by atoms with E-state index < -0.39 is 0 Å². The van der Waals surface area contributed by atoms with E-state index in [0.717, 1.165) is 6.54 Å². The first-order chi connectivity index (χ1) is 7.13. The summed E-state index contributed by atoms with van der Waals surface area (Å²) in [5.74, 6) is -0.191. The van der Waals surface area contributed by atoms with Crippen LogP contribution in [-0.4, -0.2) is 49.7 Å². The third-order valence-electron chi connectivity index (χ3n) is 2.82. The first-order valence-electron chi connectivity index (χ1n) is 5.69. The van der Waals surface area contributed by atoms with Crippen LogP contribution in [0, 0.1) is 0 Å². The molecule has 1 aliphatic heterocycles. The smallest absolute Gasteiger partial charge is 0.322 e. The van der Waals surface area contributed by atoms with Crippen LogP contribution in [0.2, 0.25) is 0 Å². The van der Waals surface area contributed by atoms with Gasteiger partial charge in [0.15, 0.2) is 0 Å². The Bertz CT molecular complexity index is 203. The van der Waals surface area contributed by atoms with Gasteiger partial charge in [-0.1, -0.05) is 0 Å². The highest BCUT2D eigenvalue weighted by Gasteiger charge is 2.18. The summed E-state index contributed by atoms with van der Waals surface area (Å²) in [7, 11) is 1.42. The summed E-state index contributed by atoms with van der Waals surface area (Å²) in [4.78, 5) is 13.6. The van der Waals surface area contributed by atoms with Gasteiger partial charge in [-0.15, -0.1) is 0 Å². The highest BCUT2D eigenvalue weighted by molar-refractivity contribution is 5.75. The molecule has 2 unspecified atom stereocenters. The standard InChI is InChI=1S/C11H22N2O2/c1-9(8-13-6-4-5-7-13)12-10(2)11(14)15-3/h9-10,12H,4-8H2,1-3H3. The minimum atomic E-state index is -0.215. The van der Waals surface area contributed by atoms with Gasteiger partial charge in [-0.25, -0.2) is 0 Å². The fourth-order valence-corrected chi connectivity index (χ4v) is 2.08. The summed E-state index contributed by atoms with van der Waals surface area (Å²) in [6.07, 6.45) is 2.61. The van der Waals surface area contributed by atoms with Crippen LogP contribution < -0.4 is 5.32 Å². The number of esters is 1. The van der Waals surface area contributed by atoms with Crippen molar-refractivity contribution < 1.29 is 9.53 Å². The van der Waals surface area contributed by atoms with E-state index in [4.69, 9.17) is 0 Å². The van der Waals surface area contributed by atoms with Crippen LogP contribution in [0.5, 0.6) is 0 Å². The number of methoxy groups -OCH3 is 1. The number of ether oxygens (including phenoxy) is 1. The Morgan fingerprint density at radius 2 is 2.00 bits per heavy atom. The number of rotatable bonds is 5. The van der Waals surface area contributed by atoms with Crippen molar-refractivity contribution in [2.75, 3.05) is 26.7 Å². The first kappa shape index (κ1) is 12.5. The SMILES string of the molecule is COC(=O)C(C)NC(C)CN1CCCC1. The Kier molecular flexibility index (Phi) is 5.05. The molecule has 0 spiro atoms. The number of likely N-dealkylation sites (tertiary alicyclic amines) is 1. The minimum Gasteiger partial charge on any atom is -0.468 e. The molecule has 2 atom stereocenters. The lowest BCUT2D eigenvalue weighted by Crippen LogP contribution is -2.45. The molecule has 0 bridgehead atoms. The Morgan fingerprint density at radius 1 is 1.40 bits per heavy atom.